The smallest absolute Gasteiger partial charge is 0.0716 e. The van der Waals surface area contributed by atoms with Gasteiger partial charge in [0.2, 0.25) is 0 Å². The molecule has 2 aromatic carbocycles. The van der Waals surface area contributed by atoms with Crippen LogP contribution < -0.4 is 11.3 Å². The first-order valence-corrected chi connectivity index (χ1v) is 6.65. The van der Waals surface area contributed by atoms with Crippen molar-refractivity contribution in [2.75, 3.05) is 0 Å². The first-order chi connectivity index (χ1) is 9.79. The summed E-state index contributed by atoms with van der Waals surface area (Å²) in [5.41, 5.74) is 6.49. The van der Waals surface area contributed by atoms with Crippen molar-refractivity contribution < 1.29 is 0 Å². The lowest BCUT2D eigenvalue weighted by Gasteiger charge is -2.19. The second-order valence-corrected chi connectivity index (χ2v) is 4.95. The van der Waals surface area contributed by atoms with Crippen LogP contribution in [-0.4, -0.2) is 4.98 Å². The predicted molar refractivity (Wildman–Crippen MR) is 82.1 cm³/mol. The van der Waals surface area contributed by atoms with Crippen LogP contribution in [0.1, 0.15) is 22.7 Å². The molecule has 0 bridgehead atoms. The summed E-state index contributed by atoms with van der Waals surface area (Å²) in [6, 6.07) is 16.6. The van der Waals surface area contributed by atoms with E-state index in [2.05, 4.69) is 53.7 Å². The molecule has 3 aromatic rings. The second-order valence-electron chi connectivity index (χ2n) is 4.95. The molecule has 1 unspecified atom stereocenters. The normalized spacial score (nSPS) is 12.5. The number of hydrogen-bond donors (Lipinski definition) is 2. The van der Waals surface area contributed by atoms with Gasteiger partial charge in [0.1, 0.15) is 0 Å². The molecule has 1 aromatic heterocycles. The van der Waals surface area contributed by atoms with Crippen molar-refractivity contribution in [3.8, 4) is 0 Å². The van der Waals surface area contributed by atoms with Crippen molar-refractivity contribution in [3.05, 3.63) is 77.6 Å². The summed E-state index contributed by atoms with van der Waals surface area (Å²) >= 11 is 0. The number of benzene rings is 2. The average Bonchev–Trinajstić information content (AvgIpc) is 2.50. The van der Waals surface area contributed by atoms with Crippen molar-refractivity contribution in [2.45, 2.75) is 13.0 Å². The maximum absolute atomic E-state index is 5.80. The molecule has 0 aliphatic heterocycles. The quantitative estimate of drug-likeness (QED) is 0.564. The fraction of sp³-hybridized carbons (Fsp3) is 0.118. The number of aryl methyl sites for hydroxylation is 1. The van der Waals surface area contributed by atoms with Gasteiger partial charge in [-0.2, -0.15) is 0 Å². The molecular weight excluding hydrogens is 246 g/mol. The van der Waals surface area contributed by atoms with E-state index >= 15 is 0 Å². The summed E-state index contributed by atoms with van der Waals surface area (Å²) < 4.78 is 0. The van der Waals surface area contributed by atoms with Gasteiger partial charge in [-0.1, -0.05) is 48.0 Å². The number of rotatable bonds is 3. The lowest BCUT2D eigenvalue weighted by Crippen LogP contribution is -2.29. The molecule has 0 fully saturated rings. The summed E-state index contributed by atoms with van der Waals surface area (Å²) in [5, 5.41) is 2.29. The fourth-order valence-electron chi connectivity index (χ4n) is 2.52. The Morgan fingerprint density at radius 2 is 1.85 bits per heavy atom. The molecule has 0 aliphatic carbocycles. The second kappa shape index (κ2) is 5.41. The van der Waals surface area contributed by atoms with Crippen LogP contribution in [0.5, 0.6) is 0 Å². The number of hydrogen-bond acceptors (Lipinski definition) is 3. The third-order valence-electron chi connectivity index (χ3n) is 3.60. The topological polar surface area (TPSA) is 50.9 Å². The first-order valence-electron chi connectivity index (χ1n) is 6.65. The van der Waals surface area contributed by atoms with Gasteiger partial charge < -0.3 is 0 Å². The van der Waals surface area contributed by atoms with E-state index in [0.29, 0.717) is 0 Å². The lowest BCUT2D eigenvalue weighted by atomic mass is 9.94. The molecule has 0 saturated carbocycles. The zero-order valence-electron chi connectivity index (χ0n) is 11.4. The fourth-order valence-corrected chi connectivity index (χ4v) is 2.52. The number of fused-ring (bicyclic) bond motifs is 1. The number of nitrogens with one attached hydrogen (secondary N) is 1. The summed E-state index contributed by atoms with van der Waals surface area (Å²) in [4.78, 5) is 4.17. The average molecular weight is 263 g/mol. The molecule has 3 nitrogen and oxygen atoms in total. The SMILES string of the molecule is Cc1ccc(C(NN)c2cccc3cnccc23)cc1. The Kier molecular flexibility index (Phi) is 3.46. The van der Waals surface area contributed by atoms with E-state index in [9.17, 15) is 0 Å². The minimum absolute atomic E-state index is 0.0262. The minimum Gasteiger partial charge on any atom is -0.271 e. The summed E-state index contributed by atoms with van der Waals surface area (Å²) in [7, 11) is 0. The largest absolute Gasteiger partial charge is 0.271 e. The Bertz CT molecular complexity index is 714. The van der Waals surface area contributed by atoms with Gasteiger partial charge in [-0.25, -0.2) is 5.43 Å². The van der Waals surface area contributed by atoms with Gasteiger partial charge in [0.15, 0.2) is 0 Å². The van der Waals surface area contributed by atoms with E-state index in [4.69, 9.17) is 5.84 Å². The highest BCUT2D eigenvalue weighted by Gasteiger charge is 2.14. The van der Waals surface area contributed by atoms with Crippen molar-refractivity contribution in [1.82, 2.24) is 10.4 Å². The Hall–Kier alpha value is -2.23. The number of hydrazine groups is 1. The van der Waals surface area contributed by atoms with Crippen LogP contribution in [0.15, 0.2) is 60.9 Å². The van der Waals surface area contributed by atoms with Crippen LogP contribution in [0, 0.1) is 6.92 Å². The molecule has 0 amide bonds. The number of aromatic nitrogens is 1. The van der Waals surface area contributed by atoms with E-state index in [0.717, 1.165) is 16.5 Å². The van der Waals surface area contributed by atoms with Crippen molar-refractivity contribution >= 4 is 10.8 Å². The Morgan fingerprint density at radius 3 is 2.60 bits per heavy atom. The highest BCUT2D eigenvalue weighted by atomic mass is 15.2. The number of pyridine rings is 1. The summed E-state index contributed by atoms with van der Waals surface area (Å²) in [6.07, 6.45) is 3.69. The van der Waals surface area contributed by atoms with Gasteiger partial charge in [0.25, 0.3) is 0 Å². The van der Waals surface area contributed by atoms with Crippen LogP contribution in [0.25, 0.3) is 10.8 Å². The zero-order valence-corrected chi connectivity index (χ0v) is 11.4. The van der Waals surface area contributed by atoms with E-state index in [-0.39, 0.29) is 6.04 Å². The zero-order chi connectivity index (χ0) is 13.9. The molecule has 20 heavy (non-hydrogen) atoms. The van der Waals surface area contributed by atoms with Crippen molar-refractivity contribution in [2.24, 2.45) is 5.84 Å². The Balaban J connectivity index is 2.14. The van der Waals surface area contributed by atoms with Gasteiger partial charge >= 0.3 is 0 Å². The van der Waals surface area contributed by atoms with Gasteiger partial charge in [0, 0.05) is 17.8 Å². The van der Waals surface area contributed by atoms with Crippen LogP contribution in [0.4, 0.5) is 0 Å². The Labute approximate surface area is 118 Å². The molecule has 3 heteroatoms. The van der Waals surface area contributed by atoms with Gasteiger partial charge in [-0.05, 0) is 29.5 Å². The van der Waals surface area contributed by atoms with Crippen molar-refractivity contribution in [1.29, 1.82) is 0 Å². The van der Waals surface area contributed by atoms with Crippen molar-refractivity contribution in [3.63, 3.8) is 0 Å². The first kappa shape index (κ1) is 12.8. The Morgan fingerprint density at radius 1 is 1.05 bits per heavy atom. The van der Waals surface area contributed by atoms with Crippen LogP contribution >= 0.6 is 0 Å². The van der Waals surface area contributed by atoms with E-state index < -0.39 is 0 Å². The molecular formula is C17H17N3. The molecule has 100 valence electrons. The molecule has 0 aliphatic rings. The minimum atomic E-state index is -0.0262. The highest BCUT2D eigenvalue weighted by Crippen LogP contribution is 2.28. The lowest BCUT2D eigenvalue weighted by molar-refractivity contribution is 0.641. The molecule has 3 rings (SSSR count). The molecule has 0 spiro atoms. The van der Waals surface area contributed by atoms with Crippen LogP contribution in [0.3, 0.4) is 0 Å². The third kappa shape index (κ3) is 2.29. The molecule has 1 atom stereocenters. The summed E-state index contributed by atoms with van der Waals surface area (Å²) in [5.74, 6) is 5.80. The van der Waals surface area contributed by atoms with Gasteiger partial charge in [0.05, 0.1) is 6.04 Å². The number of nitrogens with zero attached hydrogens (tertiary/aromatic N) is 1. The van der Waals surface area contributed by atoms with Crippen LogP contribution in [-0.2, 0) is 0 Å². The van der Waals surface area contributed by atoms with E-state index in [1.807, 2.05) is 24.5 Å². The molecule has 0 radical (unpaired) electrons. The molecule has 3 N–H and O–H groups in total. The van der Waals surface area contributed by atoms with Gasteiger partial charge in [-0.15, -0.1) is 0 Å². The maximum atomic E-state index is 5.80. The van der Waals surface area contributed by atoms with Gasteiger partial charge in [-0.3, -0.25) is 10.8 Å². The molecule has 1 heterocycles. The third-order valence-corrected chi connectivity index (χ3v) is 3.60. The standard InChI is InChI=1S/C17H17N3/c1-12-5-7-13(8-6-12)17(20-18)16-4-2-3-14-11-19-10-9-15(14)16/h2-11,17,20H,18H2,1H3. The number of nitrogens with two attached hydrogens (primary N) is 1. The highest BCUT2D eigenvalue weighted by molar-refractivity contribution is 5.85. The maximum Gasteiger partial charge on any atom is 0.0716 e. The monoisotopic (exact) mass is 263 g/mol. The summed E-state index contributed by atoms with van der Waals surface area (Å²) in [6.45, 7) is 2.08. The molecule has 0 saturated heterocycles. The van der Waals surface area contributed by atoms with E-state index in [1.165, 1.54) is 10.9 Å². The van der Waals surface area contributed by atoms with Crippen LogP contribution in [0.2, 0.25) is 0 Å². The predicted octanol–water partition coefficient (Wildman–Crippen LogP) is 3.10. The van der Waals surface area contributed by atoms with E-state index in [1.54, 1.807) is 0 Å².